The molecule has 0 amide bonds. The Kier molecular flexibility index (Phi) is 3.69. The molecule has 3 rings (SSSR count). The number of aryl methyl sites for hydroxylation is 2. The summed E-state index contributed by atoms with van der Waals surface area (Å²) in [4.78, 5) is 9.80. The predicted molar refractivity (Wildman–Crippen MR) is 83.0 cm³/mol. The van der Waals surface area contributed by atoms with Gasteiger partial charge in [-0.25, -0.2) is 0 Å². The molecule has 0 saturated carbocycles. The van der Waals surface area contributed by atoms with Crippen molar-refractivity contribution in [3.63, 3.8) is 0 Å². The summed E-state index contributed by atoms with van der Waals surface area (Å²) in [5.41, 5.74) is 10.7. The smallest absolute Gasteiger partial charge is 0.0451 e. The molecule has 4 nitrogen and oxygen atoms in total. The van der Waals surface area contributed by atoms with Crippen LogP contribution in [0.4, 0.5) is 5.69 Å². The second-order valence-corrected chi connectivity index (χ2v) is 6.34. The molecular formula is C16H26N4. The van der Waals surface area contributed by atoms with Crippen LogP contribution in [0, 0.1) is 13.8 Å². The first kappa shape index (κ1) is 13.8. The molecule has 2 atom stereocenters. The largest absolute Gasteiger partial charge is 0.366 e. The molecule has 2 fully saturated rings. The van der Waals surface area contributed by atoms with E-state index in [-0.39, 0.29) is 0 Å². The van der Waals surface area contributed by atoms with Gasteiger partial charge in [-0.1, -0.05) is 0 Å². The van der Waals surface area contributed by atoms with Crippen LogP contribution in [0.1, 0.15) is 36.7 Å². The third-order valence-electron chi connectivity index (χ3n) is 4.89. The van der Waals surface area contributed by atoms with Crippen LogP contribution in [-0.4, -0.2) is 41.6 Å². The Balaban J connectivity index is 1.95. The molecule has 2 unspecified atom stereocenters. The van der Waals surface area contributed by atoms with Gasteiger partial charge in [-0.3, -0.25) is 9.88 Å². The van der Waals surface area contributed by atoms with E-state index in [2.05, 4.69) is 41.6 Å². The molecule has 2 aliphatic rings. The number of anilines is 1. The number of nitrogens with two attached hydrogens (primary N) is 1. The molecule has 2 N–H and O–H groups in total. The van der Waals surface area contributed by atoms with E-state index in [1.54, 1.807) is 0 Å². The van der Waals surface area contributed by atoms with Gasteiger partial charge in [-0.2, -0.15) is 0 Å². The van der Waals surface area contributed by atoms with Crippen LogP contribution in [-0.2, 0) is 6.54 Å². The van der Waals surface area contributed by atoms with Gasteiger partial charge in [-0.15, -0.1) is 0 Å². The van der Waals surface area contributed by atoms with Crippen LogP contribution in [0.25, 0.3) is 0 Å². The Hall–Kier alpha value is -1.13. The molecule has 1 aromatic rings. The number of hydrogen-bond donors (Lipinski definition) is 1. The monoisotopic (exact) mass is 274 g/mol. The maximum absolute atomic E-state index is 5.98. The van der Waals surface area contributed by atoms with Crippen LogP contribution in [0.15, 0.2) is 6.07 Å². The molecule has 2 aliphatic heterocycles. The van der Waals surface area contributed by atoms with Crippen LogP contribution in [0.3, 0.4) is 0 Å². The van der Waals surface area contributed by atoms with E-state index in [1.807, 2.05) is 0 Å². The highest BCUT2D eigenvalue weighted by Crippen LogP contribution is 2.31. The van der Waals surface area contributed by atoms with Gasteiger partial charge in [0, 0.05) is 54.4 Å². The lowest BCUT2D eigenvalue weighted by Gasteiger charge is -2.44. The van der Waals surface area contributed by atoms with Crippen molar-refractivity contribution in [1.82, 2.24) is 9.88 Å². The Morgan fingerprint density at radius 1 is 1.35 bits per heavy atom. The summed E-state index contributed by atoms with van der Waals surface area (Å²) in [6.45, 7) is 10.7. The maximum Gasteiger partial charge on any atom is 0.0451 e. The minimum atomic E-state index is 0.552. The van der Waals surface area contributed by atoms with Crippen LogP contribution in [0.5, 0.6) is 0 Å². The van der Waals surface area contributed by atoms with Crippen molar-refractivity contribution in [2.45, 2.75) is 52.2 Å². The zero-order valence-corrected chi connectivity index (χ0v) is 12.9. The van der Waals surface area contributed by atoms with Gasteiger partial charge < -0.3 is 10.6 Å². The molecule has 3 heterocycles. The standard InChI is InChI=1S/C16H26N4/c1-11-7-16(15(8-17)13(3)18-11)20-10-14-5-4-6-19(14)9-12(20)2/h7,12,14H,4-6,8-10,17H2,1-3H3. The summed E-state index contributed by atoms with van der Waals surface area (Å²) in [5, 5.41) is 0. The van der Waals surface area contributed by atoms with Gasteiger partial charge in [0.25, 0.3) is 0 Å². The van der Waals surface area contributed by atoms with E-state index in [0.717, 1.165) is 24.0 Å². The summed E-state index contributed by atoms with van der Waals surface area (Å²) in [5.74, 6) is 0. The number of pyridine rings is 1. The first-order valence-electron chi connectivity index (χ1n) is 7.78. The number of rotatable bonds is 2. The molecule has 0 radical (unpaired) electrons. The number of fused-ring (bicyclic) bond motifs is 1. The summed E-state index contributed by atoms with van der Waals surface area (Å²) in [6, 6.07) is 3.50. The maximum atomic E-state index is 5.98. The van der Waals surface area contributed by atoms with Crippen molar-refractivity contribution in [3.05, 3.63) is 23.0 Å². The van der Waals surface area contributed by atoms with E-state index in [1.165, 1.54) is 37.2 Å². The summed E-state index contributed by atoms with van der Waals surface area (Å²) >= 11 is 0. The van der Waals surface area contributed by atoms with Crippen LogP contribution in [0.2, 0.25) is 0 Å². The van der Waals surface area contributed by atoms with Gasteiger partial charge in [0.1, 0.15) is 0 Å². The highest BCUT2D eigenvalue weighted by Gasteiger charge is 2.35. The Labute approximate surface area is 122 Å². The molecule has 0 bridgehead atoms. The minimum absolute atomic E-state index is 0.552. The summed E-state index contributed by atoms with van der Waals surface area (Å²) < 4.78 is 0. The van der Waals surface area contributed by atoms with Crippen molar-refractivity contribution >= 4 is 5.69 Å². The molecule has 110 valence electrons. The third kappa shape index (κ3) is 2.31. The molecule has 0 aromatic carbocycles. The first-order chi connectivity index (χ1) is 9.60. The number of hydrogen-bond acceptors (Lipinski definition) is 4. The predicted octanol–water partition coefficient (Wildman–Crippen LogP) is 1.83. The first-order valence-corrected chi connectivity index (χ1v) is 7.78. The lowest BCUT2D eigenvalue weighted by atomic mass is 10.0. The van der Waals surface area contributed by atoms with Crippen molar-refractivity contribution in [3.8, 4) is 0 Å². The van der Waals surface area contributed by atoms with E-state index in [0.29, 0.717) is 12.6 Å². The molecule has 20 heavy (non-hydrogen) atoms. The normalized spacial score (nSPS) is 26.9. The van der Waals surface area contributed by atoms with E-state index >= 15 is 0 Å². The van der Waals surface area contributed by atoms with E-state index in [4.69, 9.17) is 5.73 Å². The average Bonchev–Trinajstić information content (AvgIpc) is 2.84. The van der Waals surface area contributed by atoms with Gasteiger partial charge in [0.05, 0.1) is 0 Å². The van der Waals surface area contributed by atoms with Crippen molar-refractivity contribution in [1.29, 1.82) is 0 Å². The van der Waals surface area contributed by atoms with E-state index < -0.39 is 0 Å². The molecule has 4 heteroatoms. The van der Waals surface area contributed by atoms with Crippen LogP contribution >= 0.6 is 0 Å². The van der Waals surface area contributed by atoms with Gasteiger partial charge >= 0.3 is 0 Å². The fraction of sp³-hybridized carbons (Fsp3) is 0.688. The second kappa shape index (κ2) is 5.34. The van der Waals surface area contributed by atoms with Crippen molar-refractivity contribution in [2.75, 3.05) is 24.5 Å². The number of aromatic nitrogens is 1. The topological polar surface area (TPSA) is 45.4 Å². The average molecular weight is 274 g/mol. The van der Waals surface area contributed by atoms with Crippen molar-refractivity contribution in [2.24, 2.45) is 5.73 Å². The Morgan fingerprint density at radius 2 is 2.15 bits per heavy atom. The fourth-order valence-electron chi connectivity index (χ4n) is 3.87. The third-order valence-corrected chi connectivity index (χ3v) is 4.89. The zero-order valence-electron chi connectivity index (χ0n) is 12.9. The molecule has 1 aromatic heterocycles. The Bertz CT molecular complexity index is 499. The molecular weight excluding hydrogens is 248 g/mol. The van der Waals surface area contributed by atoms with E-state index in [9.17, 15) is 0 Å². The fourth-order valence-corrected chi connectivity index (χ4v) is 3.87. The van der Waals surface area contributed by atoms with Gasteiger partial charge in [-0.05, 0) is 46.2 Å². The highest BCUT2D eigenvalue weighted by atomic mass is 15.3. The lowest BCUT2D eigenvalue weighted by Crippen LogP contribution is -2.55. The highest BCUT2D eigenvalue weighted by molar-refractivity contribution is 5.57. The van der Waals surface area contributed by atoms with Crippen molar-refractivity contribution < 1.29 is 0 Å². The molecule has 0 aliphatic carbocycles. The second-order valence-electron chi connectivity index (χ2n) is 6.34. The van der Waals surface area contributed by atoms with Crippen LogP contribution < -0.4 is 10.6 Å². The SMILES string of the molecule is Cc1cc(N2CC3CCCN3CC2C)c(CN)c(C)n1. The van der Waals surface area contributed by atoms with Gasteiger partial charge in [0.15, 0.2) is 0 Å². The quantitative estimate of drug-likeness (QED) is 0.893. The minimum Gasteiger partial charge on any atom is -0.366 e. The number of piperazine rings is 1. The summed E-state index contributed by atoms with van der Waals surface area (Å²) in [7, 11) is 0. The summed E-state index contributed by atoms with van der Waals surface area (Å²) in [6.07, 6.45) is 2.69. The molecule has 2 saturated heterocycles. The van der Waals surface area contributed by atoms with Gasteiger partial charge in [0.2, 0.25) is 0 Å². The Morgan fingerprint density at radius 3 is 2.90 bits per heavy atom. The molecule has 0 spiro atoms. The lowest BCUT2D eigenvalue weighted by molar-refractivity contribution is 0.202. The number of nitrogens with zero attached hydrogens (tertiary/aromatic N) is 3. The zero-order chi connectivity index (χ0) is 14.3.